The number of halogens is 3. The Morgan fingerprint density at radius 3 is 2.33 bits per heavy atom. The van der Waals surface area contributed by atoms with Crippen molar-refractivity contribution in [2.45, 2.75) is 45.7 Å². The monoisotopic (exact) mass is 393 g/mol. The van der Waals surface area contributed by atoms with E-state index in [4.69, 9.17) is 0 Å². The third-order valence-electron chi connectivity index (χ3n) is 4.27. The summed E-state index contributed by atoms with van der Waals surface area (Å²) in [5, 5.41) is 3.72. The van der Waals surface area contributed by atoms with Crippen LogP contribution in [0.5, 0.6) is 0 Å². The number of nitrogens with one attached hydrogen (secondary N) is 1. The van der Waals surface area contributed by atoms with Gasteiger partial charge in [0.2, 0.25) is 5.82 Å². The predicted octanol–water partition coefficient (Wildman–Crippen LogP) is 6.02. The number of rotatable bonds is 7. The topological polar surface area (TPSA) is 37.8 Å². The zero-order valence-corrected chi connectivity index (χ0v) is 16.2. The fraction of sp³-hybridized carbons (Fsp3) is 0.400. The van der Waals surface area contributed by atoms with Crippen LogP contribution < -0.4 is 5.32 Å². The van der Waals surface area contributed by atoms with Crippen LogP contribution in [0.2, 0.25) is 0 Å². The van der Waals surface area contributed by atoms with Gasteiger partial charge in [-0.3, -0.25) is 0 Å². The summed E-state index contributed by atoms with van der Waals surface area (Å²) in [6.07, 6.45) is -0.681. The number of hydrogen-bond acceptors (Lipinski definition) is 4. The minimum Gasteiger partial charge on any atom is -0.369 e. The Bertz CT molecular complexity index is 901. The molecular weight excluding hydrogens is 371 g/mol. The van der Waals surface area contributed by atoms with Gasteiger partial charge in [0.1, 0.15) is 10.6 Å². The van der Waals surface area contributed by atoms with Gasteiger partial charge in [0.05, 0.1) is 5.39 Å². The molecule has 7 heteroatoms. The Labute approximate surface area is 160 Å². The minimum absolute atomic E-state index is 0.259. The van der Waals surface area contributed by atoms with Crippen molar-refractivity contribution >= 4 is 27.4 Å². The third-order valence-corrected chi connectivity index (χ3v) is 5.21. The Balaban J connectivity index is 1.65. The van der Waals surface area contributed by atoms with Crippen LogP contribution in [0, 0.1) is 6.92 Å². The Morgan fingerprint density at radius 2 is 1.70 bits per heavy atom. The first-order chi connectivity index (χ1) is 12.9. The van der Waals surface area contributed by atoms with Gasteiger partial charge in [-0.1, -0.05) is 37.6 Å². The summed E-state index contributed by atoms with van der Waals surface area (Å²) in [4.78, 5) is 8.67. The number of aromatic nitrogens is 2. The van der Waals surface area contributed by atoms with Gasteiger partial charge in [0, 0.05) is 11.4 Å². The number of nitrogens with zero attached hydrogens (tertiary/aromatic N) is 2. The highest BCUT2D eigenvalue weighted by atomic mass is 32.1. The molecule has 0 radical (unpaired) electrons. The first-order valence-electron chi connectivity index (χ1n) is 9.04. The Kier molecular flexibility index (Phi) is 5.99. The molecule has 144 valence electrons. The Hall–Kier alpha value is -2.15. The van der Waals surface area contributed by atoms with E-state index < -0.39 is 12.0 Å². The van der Waals surface area contributed by atoms with Gasteiger partial charge in [0.15, 0.2) is 0 Å². The molecule has 3 aromatic rings. The summed E-state index contributed by atoms with van der Waals surface area (Å²) in [5.41, 5.74) is 2.56. The van der Waals surface area contributed by atoms with Gasteiger partial charge < -0.3 is 5.32 Å². The molecule has 0 aliphatic rings. The van der Waals surface area contributed by atoms with Gasteiger partial charge >= 0.3 is 6.18 Å². The van der Waals surface area contributed by atoms with E-state index in [0.717, 1.165) is 30.6 Å². The second-order valence-electron chi connectivity index (χ2n) is 6.57. The van der Waals surface area contributed by atoms with Crippen LogP contribution in [-0.2, 0) is 19.0 Å². The number of thiophene rings is 1. The van der Waals surface area contributed by atoms with Crippen molar-refractivity contribution < 1.29 is 13.2 Å². The third kappa shape index (κ3) is 4.97. The van der Waals surface area contributed by atoms with Crippen LogP contribution in [0.3, 0.4) is 0 Å². The van der Waals surface area contributed by atoms with Crippen molar-refractivity contribution in [2.24, 2.45) is 0 Å². The lowest BCUT2D eigenvalue weighted by atomic mass is 10.0. The normalized spacial score (nSPS) is 11.9. The number of alkyl halides is 3. The number of hydrogen-bond donors (Lipinski definition) is 1. The maximum atomic E-state index is 13.1. The lowest BCUT2D eigenvalue weighted by Gasteiger charge is -2.10. The average Bonchev–Trinajstić information content (AvgIpc) is 3.00. The van der Waals surface area contributed by atoms with Gasteiger partial charge in [-0.25, -0.2) is 9.97 Å². The van der Waals surface area contributed by atoms with Gasteiger partial charge in [-0.15, -0.1) is 11.3 Å². The molecule has 0 fully saturated rings. The minimum atomic E-state index is -4.55. The van der Waals surface area contributed by atoms with Crippen molar-refractivity contribution in [1.29, 1.82) is 0 Å². The molecule has 1 aromatic carbocycles. The smallest absolute Gasteiger partial charge is 0.369 e. The van der Waals surface area contributed by atoms with Crippen LogP contribution in [0.15, 0.2) is 30.3 Å². The molecule has 0 atom stereocenters. The lowest BCUT2D eigenvalue weighted by Crippen LogP contribution is -2.13. The lowest BCUT2D eigenvalue weighted by molar-refractivity contribution is -0.144. The molecule has 0 unspecified atom stereocenters. The van der Waals surface area contributed by atoms with Crippen LogP contribution in [0.4, 0.5) is 19.0 Å². The molecule has 0 aliphatic heterocycles. The molecule has 0 amide bonds. The zero-order valence-electron chi connectivity index (χ0n) is 15.4. The van der Waals surface area contributed by atoms with Crippen molar-refractivity contribution in [3.05, 3.63) is 52.2 Å². The van der Waals surface area contributed by atoms with E-state index in [1.807, 2.05) is 13.0 Å². The highest BCUT2D eigenvalue weighted by molar-refractivity contribution is 7.18. The molecule has 0 bridgehead atoms. The number of aryl methyl sites for hydroxylation is 3. The van der Waals surface area contributed by atoms with Gasteiger partial charge in [0.25, 0.3) is 0 Å². The summed E-state index contributed by atoms with van der Waals surface area (Å²) >= 11 is 1.25. The highest BCUT2D eigenvalue weighted by Gasteiger charge is 2.35. The summed E-state index contributed by atoms with van der Waals surface area (Å²) in [7, 11) is 0. The number of fused-ring (bicyclic) bond motifs is 1. The standard InChI is InChI=1S/C20H22F3N3S/c1-3-5-14-7-9-15(10-8-14)6-4-11-24-17-16-12-13(2)27-18(16)26-19(25-17)20(21,22)23/h7-10,12H,3-6,11H2,1-2H3,(H,24,25,26). The van der Waals surface area contributed by atoms with Crippen LogP contribution in [0.25, 0.3) is 10.2 Å². The second-order valence-corrected chi connectivity index (χ2v) is 7.80. The summed E-state index contributed by atoms with van der Waals surface area (Å²) < 4.78 is 39.2. The average molecular weight is 393 g/mol. The summed E-state index contributed by atoms with van der Waals surface area (Å²) in [6.45, 7) is 4.56. The van der Waals surface area contributed by atoms with Crippen molar-refractivity contribution in [1.82, 2.24) is 9.97 Å². The molecule has 2 heterocycles. The largest absolute Gasteiger partial charge is 0.451 e. The quantitative estimate of drug-likeness (QED) is 0.499. The van der Waals surface area contributed by atoms with Crippen LogP contribution in [0.1, 0.15) is 41.6 Å². The summed E-state index contributed by atoms with van der Waals surface area (Å²) in [6, 6.07) is 10.4. The molecule has 3 rings (SSSR count). The molecule has 27 heavy (non-hydrogen) atoms. The fourth-order valence-electron chi connectivity index (χ4n) is 2.96. The SMILES string of the molecule is CCCc1ccc(CCCNc2nc(C(F)(F)F)nc3sc(C)cc23)cc1. The Morgan fingerprint density at radius 1 is 1.04 bits per heavy atom. The van der Waals surface area contributed by atoms with E-state index >= 15 is 0 Å². The number of benzene rings is 1. The first-order valence-corrected chi connectivity index (χ1v) is 9.85. The number of anilines is 1. The molecule has 0 aliphatic carbocycles. The summed E-state index contributed by atoms with van der Waals surface area (Å²) in [5.74, 6) is -0.833. The van der Waals surface area contributed by atoms with E-state index in [0.29, 0.717) is 16.8 Å². The van der Waals surface area contributed by atoms with Gasteiger partial charge in [-0.05, 0) is 43.4 Å². The molecule has 0 spiro atoms. The maximum absolute atomic E-state index is 13.1. The molecule has 3 nitrogen and oxygen atoms in total. The molecular formula is C20H22F3N3S. The van der Waals surface area contributed by atoms with Crippen LogP contribution >= 0.6 is 11.3 Å². The van der Waals surface area contributed by atoms with E-state index in [-0.39, 0.29) is 5.82 Å². The fourth-order valence-corrected chi connectivity index (χ4v) is 3.84. The maximum Gasteiger partial charge on any atom is 0.451 e. The molecule has 1 N–H and O–H groups in total. The van der Waals surface area contributed by atoms with E-state index in [1.165, 1.54) is 22.5 Å². The molecule has 0 saturated heterocycles. The van der Waals surface area contributed by atoms with E-state index in [1.54, 1.807) is 0 Å². The highest BCUT2D eigenvalue weighted by Crippen LogP contribution is 2.33. The van der Waals surface area contributed by atoms with Gasteiger partial charge in [-0.2, -0.15) is 13.2 Å². The van der Waals surface area contributed by atoms with E-state index in [2.05, 4.69) is 46.5 Å². The van der Waals surface area contributed by atoms with Crippen molar-refractivity contribution in [2.75, 3.05) is 11.9 Å². The first kappa shape index (κ1) is 19.6. The molecule has 0 saturated carbocycles. The zero-order chi connectivity index (χ0) is 19.4. The second kappa shape index (κ2) is 8.25. The molecule has 2 aromatic heterocycles. The van der Waals surface area contributed by atoms with Crippen molar-refractivity contribution in [3.63, 3.8) is 0 Å². The van der Waals surface area contributed by atoms with E-state index in [9.17, 15) is 13.2 Å². The predicted molar refractivity (Wildman–Crippen MR) is 104 cm³/mol. The van der Waals surface area contributed by atoms with Crippen molar-refractivity contribution in [3.8, 4) is 0 Å². The van der Waals surface area contributed by atoms with Crippen LogP contribution in [-0.4, -0.2) is 16.5 Å².